The summed E-state index contributed by atoms with van der Waals surface area (Å²) in [5.41, 5.74) is 7.60. The highest BCUT2D eigenvalue weighted by Gasteiger charge is 2.19. The summed E-state index contributed by atoms with van der Waals surface area (Å²) in [4.78, 5) is 13.9. The van der Waals surface area contributed by atoms with Crippen molar-refractivity contribution in [1.82, 2.24) is 4.90 Å². The van der Waals surface area contributed by atoms with E-state index in [4.69, 9.17) is 5.73 Å². The van der Waals surface area contributed by atoms with Crippen LogP contribution < -0.4 is 5.73 Å². The van der Waals surface area contributed by atoms with Crippen molar-refractivity contribution in [1.29, 1.82) is 0 Å². The summed E-state index contributed by atoms with van der Waals surface area (Å²) in [7, 11) is 0. The second kappa shape index (κ2) is 6.03. The first kappa shape index (κ1) is 14.0. The van der Waals surface area contributed by atoms with Gasteiger partial charge in [-0.1, -0.05) is 12.1 Å². The minimum absolute atomic E-state index is 0. The number of carbonyl (C=O) groups excluding carboxylic acids is 1. The van der Waals surface area contributed by atoms with Crippen molar-refractivity contribution in [2.45, 2.75) is 25.8 Å². The average Bonchev–Trinajstić information content (AvgIpc) is 2.81. The number of hydrogen-bond donors (Lipinski definition) is 1. The van der Waals surface area contributed by atoms with Gasteiger partial charge in [-0.2, -0.15) is 0 Å². The van der Waals surface area contributed by atoms with E-state index in [2.05, 4.69) is 0 Å². The van der Waals surface area contributed by atoms with Gasteiger partial charge in [0.15, 0.2) is 0 Å². The van der Waals surface area contributed by atoms with Crippen molar-refractivity contribution >= 4 is 18.3 Å². The summed E-state index contributed by atoms with van der Waals surface area (Å²) in [6, 6.07) is 7.65. The normalized spacial score (nSPS) is 16.5. The Morgan fingerprint density at radius 1 is 1.24 bits per heavy atom. The quantitative estimate of drug-likeness (QED) is 0.881. The van der Waals surface area contributed by atoms with Gasteiger partial charge < -0.3 is 10.6 Å². The molecule has 1 aromatic rings. The standard InChI is InChI=1S/C13H18N2O.ClH/c1-10(14)11-4-6-12(7-5-11)13(16)15-8-2-3-9-15;/h4-7,10H,2-3,8-9,14H2,1H3;1H. The Kier molecular flexibility index (Phi) is 4.97. The second-order valence-electron chi connectivity index (χ2n) is 4.41. The average molecular weight is 255 g/mol. The third-order valence-electron chi connectivity index (χ3n) is 3.08. The molecule has 0 spiro atoms. The van der Waals surface area contributed by atoms with Gasteiger partial charge >= 0.3 is 0 Å². The zero-order valence-corrected chi connectivity index (χ0v) is 10.9. The van der Waals surface area contributed by atoms with Crippen LogP contribution in [0.3, 0.4) is 0 Å². The zero-order valence-electron chi connectivity index (χ0n) is 10.1. The van der Waals surface area contributed by atoms with E-state index in [-0.39, 0.29) is 24.4 Å². The molecule has 1 atom stereocenters. The molecule has 1 heterocycles. The van der Waals surface area contributed by atoms with E-state index in [9.17, 15) is 4.79 Å². The lowest BCUT2D eigenvalue weighted by Crippen LogP contribution is -2.27. The fraction of sp³-hybridized carbons (Fsp3) is 0.462. The Bertz CT molecular complexity index is 370. The monoisotopic (exact) mass is 254 g/mol. The molecular formula is C13H19ClN2O. The van der Waals surface area contributed by atoms with E-state index in [1.807, 2.05) is 36.1 Å². The minimum Gasteiger partial charge on any atom is -0.339 e. The lowest BCUT2D eigenvalue weighted by molar-refractivity contribution is 0.0793. The van der Waals surface area contributed by atoms with Gasteiger partial charge in [0, 0.05) is 24.7 Å². The lowest BCUT2D eigenvalue weighted by Gasteiger charge is -2.15. The van der Waals surface area contributed by atoms with Crippen LogP contribution >= 0.6 is 12.4 Å². The second-order valence-corrected chi connectivity index (χ2v) is 4.41. The first-order valence-electron chi connectivity index (χ1n) is 5.83. The van der Waals surface area contributed by atoms with E-state index >= 15 is 0 Å². The summed E-state index contributed by atoms with van der Waals surface area (Å²) in [6.07, 6.45) is 2.26. The van der Waals surface area contributed by atoms with E-state index < -0.39 is 0 Å². The summed E-state index contributed by atoms with van der Waals surface area (Å²) in [5.74, 6) is 0.147. The maximum absolute atomic E-state index is 12.0. The molecule has 1 aliphatic rings. The number of hydrogen-bond acceptors (Lipinski definition) is 2. The number of rotatable bonds is 2. The van der Waals surface area contributed by atoms with Crippen LogP contribution in [0.4, 0.5) is 0 Å². The third kappa shape index (κ3) is 3.20. The van der Waals surface area contributed by atoms with Crippen LogP contribution in [-0.2, 0) is 0 Å². The van der Waals surface area contributed by atoms with Crippen molar-refractivity contribution < 1.29 is 4.79 Å². The van der Waals surface area contributed by atoms with Crippen molar-refractivity contribution in [2.24, 2.45) is 5.73 Å². The predicted molar refractivity (Wildman–Crippen MR) is 71.4 cm³/mol. The van der Waals surface area contributed by atoms with E-state index in [0.29, 0.717) is 0 Å². The number of carbonyl (C=O) groups is 1. The van der Waals surface area contributed by atoms with Gasteiger partial charge in [-0.05, 0) is 37.5 Å². The number of halogens is 1. The van der Waals surface area contributed by atoms with Gasteiger partial charge in [0.25, 0.3) is 5.91 Å². The summed E-state index contributed by atoms with van der Waals surface area (Å²) >= 11 is 0. The van der Waals surface area contributed by atoms with Gasteiger partial charge in [0.1, 0.15) is 0 Å². The van der Waals surface area contributed by atoms with Crippen LogP contribution in [0.5, 0.6) is 0 Å². The number of likely N-dealkylation sites (tertiary alicyclic amines) is 1. The molecule has 1 fully saturated rings. The Morgan fingerprint density at radius 2 is 1.76 bits per heavy atom. The molecule has 17 heavy (non-hydrogen) atoms. The minimum atomic E-state index is 0. The topological polar surface area (TPSA) is 46.3 Å². The van der Waals surface area contributed by atoms with Gasteiger partial charge in [-0.25, -0.2) is 0 Å². The molecule has 0 bridgehead atoms. The van der Waals surface area contributed by atoms with E-state index in [1.54, 1.807) is 0 Å². The summed E-state index contributed by atoms with van der Waals surface area (Å²) in [6.45, 7) is 3.74. The zero-order chi connectivity index (χ0) is 11.5. The molecule has 1 aliphatic heterocycles. The Hall–Kier alpha value is -1.06. The molecule has 0 aromatic heterocycles. The van der Waals surface area contributed by atoms with Crippen molar-refractivity contribution in [3.63, 3.8) is 0 Å². The molecule has 0 aliphatic carbocycles. The van der Waals surface area contributed by atoms with Crippen molar-refractivity contribution in [3.8, 4) is 0 Å². The Balaban J connectivity index is 0.00000144. The molecular weight excluding hydrogens is 236 g/mol. The van der Waals surface area contributed by atoms with Crippen LogP contribution in [0.25, 0.3) is 0 Å². The number of nitrogens with two attached hydrogens (primary N) is 1. The molecule has 0 saturated carbocycles. The Labute approximate surface area is 108 Å². The highest BCUT2D eigenvalue weighted by atomic mass is 35.5. The highest BCUT2D eigenvalue weighted by molar-refractivity contribution is 5.94. The smallest absolute Gasteiger partial charge is 0.253 e. The largest absolute Gasteiger partial charge is 0.339 e. The van der Waals surface area contributed by atoms with Crippen LogP contribution in [0, 0.1) is 0 Å². The van der Waals surface area contributed by atoms with Gasteiger partial charge in [-0.15, -0.1) is 12.4 Å². The highest BCUT2D eigenvalue weighted by Crippen LogP contribution is 2.15. The van der Waals surface area contributed by atoms with E-state index in [1.165, 1.54) is 0 Å². The summed E-state index contributed by atoms with van der Waals surface area (Å²) in [5, 5.41) is 0. The molecule has 1 unspecified atom stereocenters. The van der Waals surface area contributed by atoms with Crippen LogP contribution in [-0.4, -0.2) is 23.9 Å². The maximum Gasteiger partial charge on any atom is 0.253 e. The molecule has 2 N–H and O–H groups in total. The molecule has 94 valence electrons. The van der Waals surface area contributed by atoms with Crippen LogP contribution in [0.2, 0.25) is 0 Å². The van der Waals surface area contributed by atoms with E-state index in [0.717, 1.165) is 37.1 Å². The van der Waals surface area contributed by atoms with Crippen LogP contribution in [0.1, 0.15) is 41.7 Å². The first-order chi connectivity index (χ1) is 7.68. The molecule has 2 rings (SSSR count). The molecule has 1 amide bonds. The van der Waals surface area contributed by atoms with Gasteiger partial charge in [0.2, 0.25) is 0 Å². The van der Waals surface area contributed by atoms with Crippen LogP contribution in [0.15, 0.2) is 24.3 Å². The van der Waals surface area contributed by atoms with Crippen molar-refractivity contribution in [2.75, 3.05) is 13.1 Å². The molecule has 1 aromatic carbocycles. The maximum atomic E-state index is 12.0. The third-order valence-corrected chi connectivity index (χ3v) is 3.08. The fourth-order valence-electron chi connectivity index (χ4n) is 2.03. The first-order valence-corrected chi connectivity index (χ1v) is 5.83. The van der Waals surface area contributed by atoms with Crippen molar-refractivity contribution in [3.05, 3.63) is 35.4 Å². The van der Waals surface area contributed by atoms with Gasteiger partial charge in [-0.3, -0.25) is 4.79 Å². The molecule has 4 heteroatoms. The van der Waals surface area contributed by atoms with Gasteiger partial charge in [0.05, 0.1) is 0 Å². The number of nitrogens with zero attached hydrogens (tertiary/aromatic N) is 1. The molecule has 3 nitrogen and oxygen atoms in total. The number of benzene rings is 1. The fourth-order valence-corrected chi connectivity index (χ4v) is 2.03. The Morgan fingerprint density at radius 3 is 2.24 bits per heavy atom. The molecule has 0 radical (unpaired) electrons. The molecule has 1 saturated heterocycles. The SMILES string of the molecule is CC(N)c1ccc(C(=O)N2CCCC2)cc1.Cl. The lowest BCUT2D eigenvalue weighted by atomic mass is 10.1. The predicted octanol–water partition coefficient (Wildman–Crippen LogP) is 2.36. The number of amides is 1. The summed E-state index contributed by atoms with van der Waals surface area (Å²) < 4.78 is 0.